The summed E-state index contributed by atoms with van der Waals surface area (Å²) in [6.45, 7) is 11.2. The number of nitrogens with two attached hydrogens (primary N) is 1. The fraction of sp³-hybridized carbons (Fsp3) is 0.667. The normalized spacial score (nSPS) is 17.1. The van der Waals surface area contributed by atoms with Crippen molar-refractivity contribution in [1.82, 2.24) is 4.90 Å². The van der Waals surface area contributed by atoms with Crippen LogP contribution in [0.25, 0.3) is 0 Å². The van der Waals surface area contributed by atoms with E-state index < -0.39 is 0 Å². The van der Waals surface area contributed by atoms with Gasteiger partial charge in [-0.05, 0) is 50.4 Å². The zero-order valence-corrected chi connectivity index (χ0v) is 14.3. The highest BCUT2D eigenvalue weighted by Crippen LogP contribution is 2.25. The molecule has 1 aromatic carbocycles. The molecule has 2 heteroatoms. The summed E-state index contributed by atoms with van der Waals surface area (Å²) in [5.41, 5.74) is 9.43. The number of nitrogens with zero attached hydrogens (tertiary/aromatic N) is 1. The van der Waals surface area contributed by atoms with E-state index >= 15 is 0 Å². The number of hydrogen-bond acceptors (Lipinski definition) is 2. The second-order valence-electron chi connectivity index (χ2n) is 7.36. The first kappa shape index (κ1) is 17.2. The minimum Gasteiger partial charge on any atom is -0.326 e. The van der Waals surface area contributed by atoms with Crippen LogP contribution >= 0.6 is 0 Å². The summed E-state index contributed by atoms with van der Waals surface area (Å²) < 4.78 is 0. The molecular formula is C18H32N2. The van der Waals surface area contributed by atoms with Gasteiger partial charge in [-0.2, -0.15) is 0 Å². The van der Waals surface area contributed by atoms with Gasteiger partial charge in [0.05, 0.1) is 0 Å². The third-order valence-corrected chi connectivity index (χ3v) is 4.81. The van der Waals surface area contributed by atoms with Crippen molar-refractivity contribution >= 4 is 0 Å². The van der Waals surface area contributed by atoms with Gasteiger partial charge in [-0.25, -0.2) is 0 Å². The van der Waals surface area contributed by atoms with Gasteiger partial charge in [0.2, 0.25) is 0 Å². The Morgan fingerprint density at radius 2 is 1.55 bits per heavy atom. The number of likely N-dealkylation sites (N-methyl/N-ethyl adjacent to an activating group) is 1. The van der Waals surface area contributed by atoms with E-state index in [1.165, 1.54) is 11.1 Å². The second-order valence-corrected chi connectivity index (χ2v) is 7.36. The largest absolute Gasteiger partial charge is 0.326 e. The number of benzene rings is 1. The minimum absolute atomic E-state index is 0.0443. The van der Waals surface area contributed by atoms with Crippen molar-refractivity contribution in [3.63, 3.8) is 0 Å². The third kappa shape index (κ3) is 3.83. The van der Waals surface area contributed by atoms with Crippen LogP contribution in [0, 0.1) is 0 Å². The molecule has 0 fully saturated rings. The lowest BCUT2D eigenvalue weighted by Gasteiger charge is -2.41. The SMILES string of the molecule is CCC(C)(C(N)Cc1ccc(C(C)(C)C)cc1)N(C)C. The molecule has 2 atom stereocenters. The summed E-state index contributed by atoms with van der Waals surface area (Å²) >= 11 is 0. The lowest BCUT2D eigenvalue weighted by Crippen LogP contribution is -2.55. The first-order valence-corrected chi connectivity index (χ1v) is 7.63. The van der Waals surface area contributed by atoms with Gasteiger partial charge >= 0.3 is 0 Å². The Hall–Kier alpha value is -0.860. The first-order chi connectivity index (χ1) is 9.11. The lowest BCUT2D eigenvalue weighted by molar-refractivity contribution is 0.131. The van der Waals surface area contributed by atoms with Gasteiger partial charge in [0.1, 0.15) is 0 Å². The molecule has 0 heterocycles. The van der Waals surface area contributed by atoms with Crippen LogP contribution < -0.4 is 5.73 Å². The fourth-order valence-electron chi connectivity index (χ4n) is 2.52. The van der Waals surface area contributed by atoms with Crippen molar-refractivity contribution in [2.75, 3.05) is 14.1 Å². The standard InChI is InChI=1S/C18H32N2/c1-8-18(5,20(6)7)16(19)13-14-9-11-15(12-10-14)17(2,3)4/h9-12,16H,8,13,19H2,1-7H3. The summed E-state index contributed by atoms with van der Waals surface area (Å²) in [7, 11) is 4.23. The van der Waals surface area contributed by atoms with Crippen molar-refractivity contribution in [2.24, 2.45) is 5.73 Å². The number of rotatable bonds is 5. The maximum Gasteiger partial charge on any atom is 0.0326 e. The van der Waals surface area contributed by atoms with Crippen molar-refractivity contribution in [3.8, 4) is 0 Å². The van der Waals surface area contributed by atoms with Crippen molar-refractivity contribution in [2.45, 2.75) is 64.5 Å². The molecule has 2 unspecified atom stereocenters. The highest BCUT2D eigenvalue weighted by Gasteiger charge is 2.32. The lowest BCUT2D eigenvalue weighted by atomic mass is 9.83. The predicted molar refractivity (Wildman–Crippen MR) is 89.2 cm³/mol. The van der Waals surface area contributed by atoms with Crippen LogP contribution in [0.1, 0.15) is 52.2 Å². The van der Waals surface area contributed by atoms with Crippen LogP contribution in [0.15, 0.2) is 24.3 Å². The van der Waals surface area contributed by atoms with Crippen LogP contribution in [-0.2, 0) is 11.8 Å². The molecule has 0 saturated carbocycles. The van der Waals surface area contributed by atoms with Crippen LogP contribution in [0.4, 0.5) is 0 Å². The quantitative estimate of drug-likeness (QED) is 0.890. The minimum atomic E-state index is 0.0443. The highest BCUT2D eigenvalue weighted by molar-refractivity contribution is 5.28. The van der Waals surface area contributed by atoms with E-state index in [4.69, 9.17) is 5.73 Å². The molecule has 0 radical (unpaired) electrons. The zero-order valence-electron chi connectivity index (χ0n) is 14.3. The van der Waals surface area contributed by atoms with E-state index in [2.05, 4.69) is 77.9 Å². The average Bonchev–Trinajstić information content (AvgIpc) is 2.36. The molecule has 1 rings (SSSR count). The number of hydrogen-bond donors (Lipinski definition) is 1. The molecule has 2 N–H and O–H groups in total. The Morgan fingerprint density at radius 3 is 1.90 bits per heavy atom. The van der Waals surface area contributed by atoms with Gasteiger partial charge in [0.15, 0.2) is 0 Å². The Bertz CT molecular complexity index is 414. The molecule has 0 bridgehead atoms. The van der Waals surface area contributed by atoms with E-state index in [0.29, 0.717) is 0 Å². The Labute approximate surface area is 125 Å². The molecule has 114 valence electrons. The summed E-state index contributed by atoms with van der Waals surface area (Å²) in [5.74, 6) is 0. The van der Waals surface area contributed by atoms with Crippen LogP contribution in [0.3, 0.4) is 0 Å². The highest BCUT2D eigenvalue weighted by atomic mass is 15.2. The summed E-state index contributed by atoms with van der Waals surface area (Å²) in [5, 5.41) is 0. The van der Waals surface area contributed by atoms with Crippen LogP contribution in [-0.4, -0.2) is 30.6 Å². The van der Waals surface area contributed by atoms with Gasteiger partial charge in [0, 0.05) is 11.6 Å². The van der Waals surface area contributed by atoms with Gasteiger partial charge < -0.3 is 10.6 Å². The summed E-state index contributed by atoms with van der Waals surface area (Å²) in [6.07, 6.45) is 1.98. The van der Waals surface area contributed by atoms with E-state index in [9.17, 15) is 0 Å². The van der Waals surface area contributed by atoms with E-state index in [1.807, 2.05) is 0 Å². The maximum atomic E-state index is 6.48. The fourth-order valence-corrected chi connectivity index (χ4v) is 2.52. The molecule has 0 amide bonds. The Morgan fingerprint density at radius 1 is 1.05 bits per heavy atom. The summed E-state index contributed by atoms with van der Waals surface area (Å²) in [4.78, 5) is 2.25. The Balaban J connectivity index is 2.84. The molecule has 2 nitrogen and oxygen atoms in total. The molecule has 0 spiro atoms. The molecule has 0 aromatic heterocycles. The monoisotopic (exact) mass is 276 g/mol. The van der Waals surface area contributed by atoms with E-state index in [1.54, 1.807) is 0 Å². The van der Waals surface area contributed by atoms with Gasteiger partial charge in [-0.1, -0.05) is 52.0 Å². The van der Waals surface area contributed by atoms with E-state index in [0.717, 1.165) is 12.8 Å². The van der Waals surface area contributed by atoms with Crippen molar-refractivity contribution < 1.29 is 0 Å². The molecule has 0 aliphatic rings. The van der Waals surface area contributed by atoms with E-state index in [-0.39, 0.29) is 17.0 Å². The predicted octanol–water partition coefficient (Wildman–Crippen LogP) is 3.58. The average molecular weight is 276 g/mol. The molecule has 0 saturated heterocycles. The summed E-state index contributed by atoms with van der Waals surface area (Å²) in [6, 6.07) is 9.07. The van der Waals surface area contributed by atoms with Gasteiger partial charge in [-0.3, -0.25) is 0 Å². The zero-order chi connectivity index (χ0) is 15.6. The van der Waals surface area contributed by atoms with Crippen LogP contribution in [0.2, 0.25) is 0 Å². The molecule has 0 aliphatic heterocycles. The third-order valence-electron chi connectivity index (χ3n) is 4.81. The molecular weight excluding hydrogens is 244 g/mol. The maximum absolute atomic E-state index is 6.48. The van der Waals surface area contributed by atoms with Gasteiger partial charge in [0.25, 0.3) is 0 Å². The Kier molecular flexibility index (Phi) is 5.39. The van der Waals surface area contributed by atoms with Crippen molar-refractivity contribution in [3.05, 3.63) is 35.4 Å². The molecule has 1 aromatic rings. The smallest absolute Gasteiger partial charge is 0.0326 e. The first-order valence-electron chi connectivity index (χ1n) is 7.63. The topological polar surface area (TPSA) is 29.3 Å². The van der Waals surface area contributed by atoms with Gasteiger partial charge in [-0.15, -0.1) is 0 Å². The second kappa shape index (κ2) is 6.28. The molecule has 0 aliphatic carbocycles. The van der Waals surface area contributed by atoms with Crippen LogP contribution in [0.5, 0.6) is 0 Å². The van der Waals surface area contributed by atoms with Crippen molar-refractivity contribution in [1.29, 1.82) is 0 Å². The molecule has 20 heavy (non-hydrogen) atoms.